The zero-order valence-electron chi connectivity index (χ0n) is 8.38. The summed E-state index contributed by atoms with van der Waals surface area (Å²) in [4.78, 5) is 0. The second kappa shape index (κ2) is 4.70. The highest BCUT2D eigenvalue weighted by atomic mass is 14.8. The van der Waals surface area contributed by atoms with Crippen molar-refractivity contribution < 1.29 is 0 Å². The minimum Gasteiger partial charge on any atom is -0.392 e. The number of hydrogen-bond donors (Lipinski definition) is 1. The fourth-order valence-corrected chi connectivity index (χ4v) is 1.34. The average Bonchev–Trinajstić information content (AvgIpc) is 2.18. The van der Waals surface area contributed by atoms with Gasteiger partial charge in [-0.15, -0.1) is 0 Å². The largest absolute Gasteiger partial charge is 0.392 e. The minimum atomic E-state index is 0.493. The van der Waals surface area contributed by atoms with Gasteiger partial charge in [-0.1, -0.05) is 43.8 Å². The quantitative estimate of drug-likeness (QED) is 0.741. The molecule has 0 fully saturated rings. The predicted octanol–water partition coefficient (Wildman–Crippen LogP) is 2.60. The molecule has 1 atom stereocenters. The third kappa shape index (κ3) is 2.94. The van der Waals surface area contributed by atoms with E-state index in [4.69, 9.17) is 0 Å². The first-order chi connectivity index (χ1) is 6.24. The molecule has 0 amide bonds. The molecular weight excluding hydrogens is 158 g/mol. The first-order valence-electron chi connectivity index (χ1n) is 4.64. The Morgan fingerprint density at radius 3 is 2.54 bits per heavy atom. The van der Waals surface area contributed by atoms with E-state index in [1.807, 2.05) is 13.1 Å². The van der Waals surface area contributed by atoms with Crippen molar-refractivity contribution in [3.05, 3.63) is 48.2 Å². The van der Waals surface area contributed by atoms with Crippen molar-refractivity contribution in [1.82, 2.24) is 5.32 Å². The van der Waals surface area contributed by atoms with E-state index in [1.165, 1.54) is 5.56 Å². The second-order valence-corrected chi connectivity index (χ2v) is 3.37. The van der Waals surface area contributed by atoms with E-state index in [2.05, 4.69) is 43.1 Å². The van der Waals surface area contributed by atoms with Gasteiger partial charge in [0.05, 0.1) is 0 Å². The van der Waals surface area contributed by atoms with Gasteiger partial charge in [0.2, 0.25) is 0 Å². The molecule has 0 saturated carbocycles. The maximum atomic E-state index is 3.96. The highest BCUT2D eigenvalue weighted by molar-refractivity contribution is 5.17. The molecule has 1 aromatic rings. The smallest absolute Gasteiger partial charge is 0.00631 e. The van der Waals surface area contributed by atoms with Gasteiger partial charge in [0, 0.05) is 12.7 Å². The molecule has 0 saturated heterocycles. The Hall–Kier alpha value is -1.24. The Kier molecular flexibility index (Phi) is 3.56. The van der Waals surface area contributed by atoms with Crippen LogP contribution in [0.4, 0.5) is 0 Å². The standard InChI is InChI=1S/C12H17N/c1-10(11(2)13-3)9-12-7-5-4-6-8-12/h4-8,10,13H,2,9H2,1,3H3/t10-/m0/s1. The van der Waals surface area contributed by atoms with Gasteiger partial charge in [-0.2, -0.15) is 0 Å². The molecular formula is C12H17N. The normalized spacial score (nSPS) is 12.2. The summed E-state index contributed by atoms with van der Waals surface area (Å²) in [6, 6.07) is 10.5. The maximum absolute atomic E-state index is 3.96. The topological polar surface area (TPSA) is 12.0 Å². The third-order valence-electron chi connectivity index (χ3n) is 2.30. The molecule has 1 nitrogen and oxygen atoms in total. The molecule has 0 spiro atoms. The molecule has 0 aromatic heterocycles. The van der Waals surface area contributed by atoms with Crippen LogP contribution in [0.3, 0.4) is 0 Å². The van der Waals surface area contributed by atoms with E-state index < -0.39 is 0 Å². The van der Waals surface area contributed by atoms with Crippen molar-refractivity contribution in [2.45, 2.75) is 13.3 Å². The van der Waals surface area contributed by atoms with Gasteiger partial charge >= 0.3 is 0 Å². The molecule has 0 radical (unpaired) electrons. The van der Waals surface area contributed by atoms with E-state index in [0.29, 0.717) is 5.92 Å². The Labute approximate surface area is 80.5 Å². The lowest BCUT2D eigenvalue weighted by Crippen LogP contribution is -2.14. The molecule has 70 valence electrons. The van der Waals surface area contributed by atoms with Crippen LogP contribution in [0.1, 0.15) is 12.5 Å². The SMILES string of the molecule is C=C(NC)[C@@H](C)Cc1ccccc1. The predicted molar refractivity (Wildman–Crippen MR) is 57.5 cm³/mol. The van der Waals surface area contributed by atoms with Gasteiger partial charge in [0.1, 0.15) is 0 Å². The van der Waals surface area contributed by atoms with E-state index in [0.717, 1.165) is 12.1 Å². The van der Waals surface area contributed by atoms with Crippen molar-refractivity contribution in [2.24, 2.45) is 5.92 Å². The second-order valence-electron chi connectivity index (χ2n) is 3.37. The van der Waals surface area contributed by atoms with Crippen LogP contribution in [0.2, 0.25) is 0 Å². The fraction of sp³-hybridized carbons (Fsp3) is 0.333. The minimum absolute atomic E-state index is 0.493. The van der Waals surface area contributed by atoms with Gasteiger partial charge in [-0.25, -0.2) is 0 Å². The van der Waals surface area contributed by atoms with Crippen LogP contribution in [-0.2, 0) is 6.42 Å². The molecule has 0 unspecified atom stereocenters. The van der Waals surface area contributed by atoms with Crippen LogP contribution in [0.25, 0.3) is 0 Å². The number of nitrogens with one attached hydrogen (secondary N) is 1. The van der Waals surface area contributed by atoms with Crippen molar-refractivity contribution in [3.63, 3.8) is 0 Å². The van der Waals surface area contributed by atoms with Crippen molar-refractivity contribution in [2.75, 3.05) is 7.05 Å². The first kappa shape index (κ1) is 9.85. The van der Waals surface area contributed by atoms with Crippen LogP contribution in [0.15, 0.2) is 42.6 Å². The molecule has 0 aliphatic heterocycles. The Bertz CT molecular complexity index is 264. The molecule has 13 heavy (non-hydrogen) atoms. The lowest BCUT2D eigenvalue weighted by atomic mass is 9.99. The Balaban J connectivity index is 2.55. The molecule has 1 heteroatoms. The highest BCUT2D eigenvalue weighted by Gasteiger charge is 2.05. The molecule has 1 N–H and O–H groups in total. The number of benzene rings is 1. The summed E-state index contributed by atoms with van der Waals surface area (Å²) in [5, 5.41) is 3.09. The molecule has 1 rings (SSSR count). The molecule has 0 aliphatic carbocycles. The van der Waals surface area contributed by atoms with Crippen molar-refractivity contribution in [3.8, 4) is 0 Å². The highest BCUT2D eigenvalue weighted by Crippen LogP contribution is 2.12. The third-order valence-corrected chi connectivity index (χ3v) is 2.30. The Morgan fingerprint density at radius 2 is 2.00 bits per heavy atom. The summed E-state index contributed by atoms with van der Waals surface area (Å²) in [6.45, 7) is 6.14. The summed E-state index contributed by atoms with van der Waals surface area (Å²) >= 11 is 0. The lowest BCUT2D eigenvalue weighted by Gasteiger charge is -2.13. The van der Waals surface area contributed by atoms with E-state index in [9.17, 15) is 0 Å². The summed E-state index contributed by atoms with van der Waals surface area (Å²) in [5.74, 6) is 0.493. The van der Waals surface area contributed by atoms with Gasteiger partial charge in [0.15, 0.2) is 0 Å². The lowest BCUT2D eigenvalue weighted by molar-refractivity contribution is 0.633. The number of rotatable bonds is 4. The summed E-state index contributed by atoms with van der Waals surface area (Å²) in [7, 11) is 1.92. The number of hydrogen-bond acceptors (Lipinski definition) is 1. The summed E-state index contributed by atoms with van der Waals surface area (Å²) < 4.78 is 0. The fourth-order valence-electron chi connectivity index (χ4n) is 1.34. The van der Waals surface area contributed by atoms with Crippen LogP contribution in [0, 0.1) is 5.92 Å². The van der Waals surface area contributed by atoms with Crippen LogP contribution < -0.4 is 5.32 Å². The van der Waals surface area contributed by atoms with Gasteiger partial charge in [-0.05, 0) is 17.9 Å². The van der Waals surface area contributed by atoms with Gasteiger partial charge < -0.3 is 5.32 Å². The first-order valence-corrected chi connectivity index (χ1v) is 4.64. The van der Waals surface area contributed by atoms with Crippen molar-refractivity contribution in [1.29, 1.82) is 0 Å². The monoisotopic (exact) mass is 175 g/mol. The molecule has 0 bridgehead atoms. The summed E-state index contributed by atoms with van der Waals surface area (Å²) in [6.07, 6.45) is 1.06. The van der Waals surface area contributed by atoms with E-state index >= 15 is 0 Å². The van der Waals surface area contributed by atoms with Crippen LogP contribution >= 0.6 is 0 Å². The molecule has 1 aromatic carbocycles. The van der Waals surface area contributed by atoms with Crippen LogP contribution in [-0.4, -0.2) is 7.05 Å². The molecule has 0 heterocycles. The Morgan fingerprint density at radius 1 is 1.38 bits per heavy atom. The van der Waals surface area contributed by atoms with Gasteiger partial charge in [0.25, 0.3) is 0 Å². The average molecular weight is 175 g/mol. The van der Waals surface area contributed by atoms with Crippen molar-refractivity contribution >= 4 is 0 Å². The molecule has 0 aliphatic rings. The zero-order valence-corrected chi connectivity index (χ0v) is 8.38. The van der Waals surface area contributed by atoms with Gasteiger partial charge in [-0.3, -0.25) is 0 Å². The van der Waals surface area contributed by atoms with E-state index in [-0.39, 0.29) is 0 Å². The summed E-state index contributed by atoms with van der Waals surface area (Å²) in [5.41, 5.74) is 2.47. The number of allylic oxidation sites excluding steroid dienone is 1. The van der Waals surface area contributed by atoms with Crippen LogP contribution in [0.5, 0.6) is 0 Å². The van der Waals surface area contributed by atoms with E-state index in [1.54, 1.807) is 0 Å². The maximum Gasteiger partial charge on any atom is 0.00631 e. The zero-order chi connectivity index (χ0) is 9.68.